The van der Waals surface area contributed by atoms with E-state index in [1.165, 1.54) is 6.07 Å². The Kier molecular flexibility index (Phi) is 5.22. The summed E-state index contributed by atoms with van der Waals surface area (Å²) in [4.78, 5) is 3.95. The molecule has 0 radical (unpaired) electrons. The average molecular weight is 308 g/mol. The van der Waals surface area contributed by atoms with E-state index in [-0.39, 0.29) is 12.0 Å². The van der Waals surface area contributed by atoms with Crippen molar-refractivity contribution in [2.24, 2.45) is 5.92 Å². The highest BCUT2D eigenvalue weighted by atomic mass is 19.3. The zero-order chi connectivity index (χ0) is 16.3. The smallest absolute Gasteiger partial charge is 0.274 e. The van der Waals surface area contributed by atoms with Crippen molar-refractivity contribution < 1.29 is 8.78 Å². The van der Waals surface area contributed by atoms with E-state index in [2.05, 4.69) is 17.9 Å². The van der Waals surface area contributed by atoms with Gasteiger partial charge < -0.3 is 9.80 Å². The van der Waals surface area contributed by atoms with Crippen molar-refractivity contribution in [1.29, 1.82) is 0 Å². The number of hydrogen-bond donors (Lipinski definition) is 0. The van der Waals surface area contributed by atoms with E-state index in [0.29, 0.717) is 12.5 Å². The first-order valence-electron chi connectivity index (χ1n) is 7.84. The third-order valence-electron chi connectivity index (χ3n) is 4.16. The molecule has 0 saturated heterocycles. The molecular formula is C18H26F2N2. The molecule has 2 rings (SSSR count). The predicted octanol–water partition coefficient (Wildman–Crippen LogP) is 4.04. The molecule has 0 aromatic heterocycles. The number of halogens is 2. The Balaban J connectivity index is 2.23. The normalized spacial score (nSPS) is 19.5. The Hall–Kier alpha value is -1.42. The van der Waals surface area contributed by atoms with Gasteiger partial charge in [0.2, 0.25) is 0 Å². The molecule has 0 bridgehead atoms. The van der Waals surface area contributed by atoms with Crippen LogP contribution in [0.5, 0.6) is 0 Å². The number of rotatable bonds is 5. The molecule has 1 aromatic rings. The Morgan fingerprint density at radius 3 is 2.68 bits per heavy atom. The van der Waals surface area contributed by atoms with Crippen LogP contribution in [0.3, 0.4) is 0 Å². The van der Waals surface area contributed by atoms with Gasteiger partial charge in [-0.3, -0.25) is 0 Å². The van der Waals surface area contributed by atoms with Gasteiger partial charge in [0.15, 0.2) is 0 Å². The van der Waals surface area contributed by atoms with Crippen LogP contribution in [0.1, 0.15) is 30.9 Å². The number of alkyl halides is 2. The molecule has 4 heteroatoms. The van der Waals surface area contributed by atoms with Crippen LogP contribution in [0.4, 0.5) is 8.78 Å². The Bertz CT molecular complexity index is 538. The van der Waals surface area contributed by atoms with Gasteiger partial charge in [-0.05, 0) is 38.1 Å². The van der Waals surface area contributed by atoms with Crippen LogP contribution in [0.2, 0.25) is 0 Å². The first-order valence-corrected chi connectivity index (χ1v) is 7.84. The molecule has 0 aliphatic carbocycles. The van der Waals surface area contributed by atoms with Gasteiger partial charge in [-0.1, -0.05) is 31.2 Å². The van der Waals surface area contributed by atoms with Crippen LogP contribution < -0.4 is 0 Å². The number of nitrogens with zero attached hydrogens (tertiary/aromatic N) is 2. The summed E-state index contributed by atoms with van der Waals surface area (Å²) in [6.45, 7) is 3.54. The van der Waals surface area contributed by atoms with E-state index in [0.717, 1.165) is 24.2 Å². The first-order chi connectivity index (χ1) is 10.3. The van der Waals surface area contributed by atoms with Gasteiger partial charge >= 0.3 is 0 Å². The van der Waals surface area contributed by atoms with Crippen molar-refractivity contribution in [3.63, 3.8) is 0 Å². The molecular weight excluding hydrogens is 282 g/mol. The lowest BCUT2D eigenvalue weighted by Gasteiger charge is -2.31. The maximum atomic E-state index is 14.4. The summed E-state index contributed by atoms with van der Waals surface area (Å²) in [5.74, 6) is -2.18. The Labute approximate surface area is 132 Å². The highest BCUT2D eigenvalue weighted by molar-refractivity contribution is 5.65. The molecule has 0 amide bonds. The molecule has 22 heavy (non-hydrogen) atoms. The zero-order valence-electron chi connectivity index (χ0n) is 13.9. The third kappa shape index (κ3) is 4.07. The molecule has 1 aromatic carbocycles. The van der Waals surface area contributed by atoms with E-state index in [9.17, 15) is 8.78 Å². The van der Waals surface area contributed by atoms with Crippen LogP contribution in [-0.4, -0.2) is 44.0 Å². The summed E-state index contributed by atoms with van der Waals surface area (Å²) in [6.07, 6.45) is 3.00. The summed E-state index contributed by atoms with van der Waals surface area (Å²) < 4.78 is 28.7. The molecule has 1 atom stereocenters. The summed E-state index contributed by atoms with van der Waals surface area (Å²) >= 11 is 0. The quantitative estimate of drug-likeness (QED) is 0.810. The number of hydrogen-bond acceptors (Lipinski definition) is 2. The lowest BCUT2D eigenvalue weighted by atomic mass is 9.96. The topological polar surface area (TPSA) is 6.48 Å². The minimum Gasteiger partial charge on any atom is -0.374 e. The van der Waals surface area contributed by atoms with Crippen LogP contribution >= 0.6 is 0 Å². The van der Waals surface area contributed by atoms with Crippen molar-refractivity contribution in [3.8, 4) is 0 Å². The van der Waals surface area contributed by atoms with Gasteiger partial charge in [0, 0.05) is 37.8 Å². The third-order valence-corrected chi connectivity index (χ3v) is 4.16. The van der Waals surface area contributed by atoms with Crippen molar-refractivity contribution in [1.82, 2.24) is 9.80 Å². The van der Waals surface area contributed by atoms with Gasteiger partial charge in [-0.15, -0.1) is 0 Å². The fourth-order valence-corrected chi connectivity index (χ4v) is 2.86. The minimum absolute atomic E-state index is 0.111. The van der Waals surface area contributed by atoms with Gasteiger partial charge in [-0.2, -0.15) is 0 Å². The maximum absolute atomic E-state index is 14.4. The second-order valence-electron chi connectivity index (χ2n) is 6.65. The van der Waals surface area contributed by atoms with E-state index in [4.69, 9.17) is 0 Å². The van der Waals surface area contributed by atoms with Gasteiger partial charge in [-0.25, -0.2) is 8.78 Å². The van der Waals surface area contributed by atoms with Crippen molar-refractivity contribution in [2.45, 2.75) is 25.7 Å². The molecule has 1 aliphatic rings. The van der Waals surface area contributed by atoms with Crippen molar-refractivity contribution in [3.05, 3.63) is 41.5 Å². The number of allylic oxidation sites excluding steroid dienone is 1. The molecule has 0 unspecified atom stereocenters. The Morgan fingerprint density at radius 1 is 1.32 bits per heavy atom. The van der Waals surface area contributed by atoms with Crippen LogP contribution in [0, 0.1) is 5.92 Å². The second-order valence-corrected chi connectivity index (χ2v) is 6.65. The van der Waals surface area contributed by atoms with Gasteiger partial charge in [0.25, 0.3) is 5.92 Å². The summed E-state index contributed by atoms with van der Waals surface area (Å²) in [5, 5.41) is 0. The van der Waals surface area contributed by atoms with Crippen molar-refractivity contribution >= 4 is 5.70 Å². The first kappa shape index (κ1) is 16.9. The highest BCUT2D eigenvalue weighted by Crippen LogP contribution is 2.34. The largest absolute Gasteiger partial charge is 0.374 e. The Morgan fingerprint density at radius 2 is 2.05 bits per heavy atom. The summed E-state index contributed by atoms with van der Waals surface area (Å²) in [6, 6.07) is 6.84. The van der Waals surface area contributed by atoms with Gasteiger partial charge in [0.05, 0.1) is 0 Å². The van der Waals surface area contributed by atoms with E-state index < -0.39 is 5.92 Å². The molecule has 122 valence electrons. The molecule has 0 fully saturated rings. The van der Waals surface area contributed by atoms with Crippen LogP contribution in [0.25, 0.3) is 5.70 Å². The maximum Gasteiger partial charge on any atom is 0.274 e. The lowest BCUT2D eigenvalue weighted by molar-refractivity contribution is -0.0187. The molecule has 0 N–H and O–H groups in total. The van der Waals surface area contributed by atoms with E-state index >= 15 is 0 Å². The standard InChI is InChI=1S/C18H26F2N2/c1-14-8-9-17(22(4)13-14)15-6-5-7-16(12-15)18(19,20)10-11-21(2)3/h5-7,9,12,14H,8,10-11,13H2,1-4H3/t14-/m0/s1. The van der Waals surface area contributed by atoms with E-state index in [1.807, 2.05) is 27.2 Å². The second kappa shape index (κ2) is 6.78. The zero-order valence-corrected chi connectivity index (χ0v) is 13.9. The fraction of sp³-hybridized carbons (Fsp3) is 0.556. The molecule has 0 spiro atoms. The van der Waals surface area contributed by atoms with Crippen LogP contribution in [0.15, 0.2) is 30.3 Å². The van der Waals surface area contributed by atoms with Crippen LogP contribution in [-0.2, 0) is 5.92 Å². The van der Waals surface area contributed by atoms with Crippen molar-refractivity contribution in [2.75, 3.05) is 34.2 Å². The lowest BCUT2D eigenvalue weighted by Crippen LogP contribution is -2.27. The molecule has 0 saturated carbocycles. The molecule has 1 aliphatic heterocycles. The number of benzene rings is 1. The average Bonchev–Trinajstić information content (AvgIpc) is 2.45. The summed E-state index contributed by atoms with van der Waals surface area (Å²) in [7, 11) is 5.66. The predicted molar refractivity (Wildman–Crippen MR) is 87.9 cm³/mol. The monoisotopic (exact) mass is 308 g/mol. The minimum atomic E-state index is -2.79. The summed E-state index contributed by atoms with van der Waals surface area (Å²) in [5.41, 5.74) is 2.06. The van der Waals surface area contributed by atoms with E-state index in [1.54, 1.807) is 17.0 Å². The molecule has 1 heterocycles. The SMILES string of the molecule is C[C@H]1CC=C(c2cccc(C(F)(F)CCN(C)C)c2)N(C)C1. The van der Waals surface area contributed by atoms with Gasteiger partial charge in [0.1, 0.15) is 0 Å². The fourth-order valence-electron chi connectivity index (χ4n) is 2.86. The highest BCUT2D eigenvalue weighted by Gasteiger charge is 2.31. The molecule has 2 nitrogen and oxygen atoms in total.